The van der Waals surface area contributed by atoms with Crippen LogP contribution in [0, 0.1) is 0 Å². The van der Waals surface area contributed by atoms with Crippen molar-refractivity contribution in [1.82, 2.24) is 9.80 Å². The summed E-state index contributed by atoms with van der Waals surface area (Å²) in [6, 6.07) is 8.25. The van der Waals surface area contributed by atoms with Crippen molar-refractivity contribution < 1.29 is 19.1 Å². The van der Waals surface area contributed by atoms with Gasteiger partial charge in [-0.15, -0.1) is 0 Å². The molecule has 0 spiro atoms. The Morgan fingerprint density at radius 2 is 1.87 bits per heavy atom. The van der Waals surface area contributed by atoms with Crippen molar-refractivity contribution in [2.24, 2.45) is 5.16 Å². The number of anilines is 1. The van der Waals surface area contributed by atoms with Gasteiger partial charge in [0.1, 0.15) is 17.6 Å². The first-order valence-corrected chi connectivity index (χ1v) is 10.9. The molecule has 0 N–H and O–H groups in total. The second kappa shape index (κ2) is 9.66. The molecule has 0 aliphatic carbocycles. The highest BCUT2D eigenvalue weighted by Crippen LogP contribution is 2.29. The van der Waals surface area contributed by atoms with E-state index in [0.29, 0.717) is 38.4 Å². The van der Waals surface area contributed by atoms with Crippen molar-refractivity contribution in [3.63, 3.8) is 0 Å². The van der Waals surface area contributed by atoms with Crippen molar-refractivity contribution in [1.29, 1.82) is 0 Å². The molecule has 1 amide bonds. The topological polar surface area (TPSA) is 66.8 Å². The smallest absolute Gasteiger partial charge is 0.271 e. The van der Waals surface area contributed by atoms with Crippen LogP contribution in [0.25, 0.3) is 0 Å². The predicted octanol–water partition coefficient (Wildman–Crippen LogP) is 1.60. The molecule has 8 nitrogen and oxygen atoms in total. The number of nitrogens with zero attached hydrogens (tertiary/aromatic N) is 4. The molecule has 0 saturated carbocycles. The van der Waals surface area contributed by atoms with Crippen molar-refractivity contribution in [3.8, 4) is 5.75 Å². The highest BCUT2D eigenvalue weighted by Gasteiger charge is 2.32. The molecular weight excluding hydrogens is 384 g/mol. The third-order valence-corrected chi connectivity index (χ3v) is 5.68. The third kappa shape index (κ3) is 5.05. The molecule has 0 aromatic heterocycles. The first kappa shape index (κ1) is 20.9. The summed E-state index contributed by atoms with van der Waals surface area (Å²) in [6.45, 7) is 11.1. The molecule has 0 bridgehead atoms. The summed E-state index contributed by atoms with van der Waals surface area (Å²) in [6.07, 6.45) is 0.691. The number of hydrogen-bond acceptors (Lipinski definition) is 7. The maximum Gasteiger partial charge on any atom is 0.271 e. The molecule has 1 aromatic carbocycles. The zero-order chi connectivity index (χ0) is 20.9. The number of benzene rings is 1. The minimum atomic E-state index is -0.0481. The minimum absolute atomic E-state index is 0.00706. The van der Waals surface area contributed by atoms with Crippen LogP contribution in [0.2, 0.25) is 0 Å². The van der Waals surface area contributed by atoms with Crippen molar-refractivity contribution >= 4 is 17.3 Å². The van der Waals surface area contributed by atoms with Crippen LogP contribution in [-0.4, -0.2) is 92.7 Å². The van der Waals surface area contributed by atoms with Gasteiger partial charge in [-0.05, 0) is 26.0 Å². The Balaban J connectivity index is 1.25. The Morgan fingerprint density at radius 1 is 1.13 bits per heavy atom. The van der Waals surface area contributed by atoms with E-state index in [1.54, 1.807) is 0 Å². The lowest BCUT2D eigenvalue weighted by molar-refractivity contribution is -0.128. The summed E-state index contributed by atoms with van der Waals surface area (Å²) < 4.78 is 11.3. The van der Waals surface area contributed by atoms with E-state index in [1.807, 2.05) is 17.0 Å². The highest BCUT2D eigenvalue weighted by atomic mass is 16.6. The Hall–Kier alpha value is -2.32. The van der Waals surface area contributed by atoms with Crippen LogP contribution in [0.4, 0.5) is 5.69 Å². The quantitative estimate of drug-likeness (QED) is 0.702. The largest absolute Gasteiger partial charge is 0.489 e. The summed E-state index contributed by atoms with van der Waals surface area (Å²) in [7, 11) is 0. The van der Waals surface area contributed by atoms with Crippen LogP contribution in [-0.2, 0) is 14.4 Å². The molecule has 4 rings (SSSR count). The van der Waals surface area contributed by atoms with Crippen LogP contribution < -0.4 is 9.64 Å². The van der Waals surface area contributed by atoms with E-state index in [4.69, 9.17) is 14.3 Å². The number of hydrogen-bond donors (Lipinski definition) is 0. The van der Waals surface area contributed by atoms with Gasteiger partial charge in [-0.25, -0.2) is 0 Å². The van der Waals surface area contributed by atoms with Crippen LogP contribution in [0.1, 0.15) is 20.3 Å². The second-order valence-electron chi connectivity index (χ2n) is 8.30. The second-order valence-corrected chi connectivity index (χ2v) is 8.30. The van der Waals surface area contributed by atoms with Gasteiger partial charge in [-0.1, -0.05) is 17.3 Å². The molecule has 30 heavy (non-hydrogen) atoms. The fourth-order valence-electron chi connectivity index (χ4n) is 4.13. The number of oxime groups is 1. The van der Waals surface area contributed by atoms with E-state index in [2.05, 4.69) is 40.9 Å². The van der Waals surface area contributed by atoms with E-state index in [-0.39, 0.29) is 18.1 Å². The predicted molar refractivity (Wildman–Crippen MR) is 115 cm³/mol. The lowest BCUT2D eigenvalue weighted by Crippen LogP contribution is -2.49. The molecule has 1 atom stereocenters. The maximum atomic E-state index is 12.6. The number of ether oxygens (including phenoxy) is 2. The molecule has 0 radical (unpaired) electrons. The highest BCUT2D eigenvalue weighted by molar-refractivity contribution is 6.39. The molecule has 1 aromatic rings. The first-order valence-electron chi connectivity index (χ1n) is 10.9. The van der Waals surface area contributed by atoms with E-state index in [0.717, 1.165) is 44.2 Å². The van der Waals surface area contributed by atoms with Crippen LogP contribution in [0.5, 0.6) is 5.75 Å². The van der Waals surface area contributed by atoms with Gasteiger partial charge >= 0.3 is 0 Å². The van der Waals surface area contributed by atoms with E-state index < -0.39 is 0 Å². The number of para-hydroxylation sites is 2. The van der Waals surface area contributed by atoms with Crippen LogP contribution >= 0.6 is 0 Å². The molecule has 164 valence electrons. The standard InChI is InChI=1S/C22H32N4O4/c1-17(2)29-21-6-4-3-5-20(21)25-9-7-24(8-10-25)16-18-15-19(23-30-18)22(27)26-11-13-28-14-12-26/h3-6,17-18H,7-16H2,1-2H3. The van der Waals surface area contributed by atoms with E-state index >= 15 is 0 Å². The van der Waals surface area contributed by atoms with E-state index in [1.165, 1.54) is 0 Å². The van der Waals surface area contributed by atoms with Crippen molar-refractivity contribution in [2.75, 3.05) is 63.9 Å². The monoisotopic (exact) mass is 416 g/mol. The average molecular weight is 417 g/mol. The number of piperazine rings is 1. The van der Waals surface area contributed by atoms with Gasteiger partial charge in [0.05, 0.1) is 25.0 Å². The molecule has 2 fully saturated rings. The molecule has 3 heterocycles. The first-order chi connectivity index (χ1) is 14.6. The zero-order valence-corrected chi connectivity index (χ0v) is 18.0. The van der Waals surface area contributed by atoms with Crippen molar-refractivity contribution in [3.05, 3.63) is 24.3 Å². The number of carbonyl (C=O) groups is 1. The minimum Gasteiger partial charge on any atom is -0.489 e. The van der Waals surface area contributed by atoms with Gasteiger partial charge < -0.3 is 24.1 Å². The Labute approximate surface area is 178 Å². The fourth-order valence-corrected chi connectivity index (χ4v) is 4.13. The molecule has 8 heteroatoms. The lowest BCUT2D eigenvalue weighted by Gasteiger charge is -2.37. The van der Waals surface area contributed by atoms with Gasteiger partial charge in [0.15, 0.2) is 0 Å². The fraction of sp³-hybridized carbons (Fsp3) is 0.636. The SMILES string of the molecule is CC(C)Oc1ccccc1N1CCN(CC2CC(C(=O)N3CCOCC3)=NO2)CC1. The van der Waals surface area contributed by atoms with Gasteiger partial charge in [-0.2, -0.15) is 0 Å². The number of rotatable bonds is 6. The molecular formula is C22H32N4O4. The van der Waals surface area contributed by atoms with Crippen LogP contribution in [0.15, 0.2) is 29.4 Å². The van der Waals surface area contributed by atoms with Crippen LogP contribution in [0.3, 0.4) is 0 Å². The molecule has 2 saturated heterocycles. The maximum absolute atomic E-state index is 12.6. The summed E-state index contributed by atoms with van der Waals surface area (Å²) in [5.41, 5.74) is 1.70. The normalized spacial score (nSPS) is 22.8. The molecule has 1 unspecified atom stereocenters. The van der Waals surface area contributed by atoms with Gasteiger partial charge in [-0.3, -0.25) is 9.69 Å². The average Bonchev–Trinajstić information content (AvgIpc) is 3.23. The number of carbonyl (C=O) groups excluding carboxylic acids is 1. The summed E-state index contributed by atoms with van der Waals surface area (Å²) in [4.78, 5) is 24.7. The summed E-state index contributed by atoms with van der Waals surface area (Å²) in [5, 5.41) is 4.09. The third-order valence-electron chi connectivity index (χ3n) is 5.68. The van der Waals surface area contributed by atoms with Gasteiger partial charge in [0.2, 0.25) is 0 Å². The Kier molecular flexibility index (Phi) is 6.74. The van der Waals surface area contributed by atoms with Crippen molar-refractivity contribution in [2.45, 2.75) is 32.5 Å². The van der Waals surface area contributed by atoms with Gasteiger partial charge in [0.25, 0.3) is 5.91 Å². The Bertz CT molecular complexity index is 755. The lowest BCUT2D eigenvalue weighted by atomic mass is 10.1. The van der Waals surface area contributed by atoms with Gasteiger partial charge in [0, 0.05) is 52.2 Å². The number of morpholine rings is 1. The molecule has 3 aliphatic heterocycles. The zero-order valence-electron chi connectivity index (χ0n) is 18.0. The Morgan fingerprint density at radius 3 is 2.60 bits per heavy atom. The number of amides is 1. The summed E-state index contributed by atoms with van der Waals surface area (Å²) >= 11 is 0. The molecule has 3 aliphatic rings. The summed E-state index contributed by atoms with van der Waals surface area (Å²) in [5.74, 6) is 0.937. The van der Waals surface area contributed by atoms with E-state index in [9.17, 15) is 4.79 Å².